The van der Waals surface area contributed by atoms with Gasteiger partial charge in [0.05, 0.1) is 16.8 Å². The summed E-state index contributed by atoms with van der Waals surface area (Å²) < 4.78 is 55.6. The lowest BCUT2D eigenvalue weighted by Gasteiger charge is -2.25. The Kier molecular flexibility index (Phi) is 7.59. The molecule has 1 aromatic heterocycles. The molecule has 192 valence electrons. The number of aromatic nitrogens is 2. The Morgan fingerprint density at radius 2 is 1.86 bits per heavy atom. The zero-order valence-electron chi connectivity index (χ0n) is 20.5. The van der Waals surface area contributed by atoms with Crippen molar-refractivity contribution in [2.45, 2.75) is 58.9 Å². The lowest BCUT2D eigenvalue weighted by molar-refractivity contribution is -0.137. The molecule has 0 saturated heterocycles. The van der Waals surface area contributed by atoms with Crippen molar-refractivity contribution in [1.82, 2.24) is 25.1 Å². The molecule has 35 heavy (non-hydrogen) atoms. The molecular formula is C24H31F4N5O2. The monoisotopic (exact) mass is 497 g/mol. The summed E-state index contributed by atoms with van der Waals surface area (Å²) in [5.74, 6) is -1.95. The van der Waals surface area contributed by atoms with Crippen molar-refractivity contribution in [3.05, 3.63) is 41.0 Å². The number of hydrogen-bond donors (Lipinski definition) is 2. The topological polar surface area (TPSA) is 79.3 Å². The Morgan fingerprint density at radius 3 is 2.43 bits per heavy atom. The third kappa shape index (κ3) is 6.19. The summed E-state index contributed by atoms with van der Waals surface area (Å²) in [5.41, 5.74) is -0.946. The second-order valence-corrected chi connectivity index (χ2v) is 10.1. The van der Waals surface area contributed by atoms with Crippen LogP contribution < -0.4 is 10.6 Å². The molecule has 0 fully saturated rings. The number of alkyl halides is 3. The van der Waals surface area contributed by atoms with E-state index in [1.54, 1.807) is 4.57 Å². The minimum Gasteiger partial charge on any atom is -0.357 e. The van der Waals surface area contributed by atoms with Gasteiger partial charge in [0.2, 0.25) is 5.91 Å². The number of carbonyl (C=O) groups is 2. The summed E-state index contributed by atoms with van der Waals surface area (Å²) >= 11 is 0. The summed E-state index contributed by atoms with van der Waals surface area (Å²) in [4.78, 5) is 32.2. The van der Waals surface area contributed by atoms with E-state index < -0.39 is 29.5 Å². The van der Waals surface area contributed by atoms with Crippen LogP contribution in [0, 0.1) is 11.2 Å². The number of amides is 2. The van der Waals surface area contributed by atoms with Crippen LogP contribution in [0.5, 0.6) is 0 Å². The van der Waals surface area contributed by atoms with E-state index in [1.165, 1.54) is 7.05 Å². The second-order valence-electron chi connectivity index (χ2n) is 10.1. The average molecular weight is 498 g/mol. The van der Waals surface area contributed by atoms with E-state index in [2.05, 4.69) is 15.6 Å². The SMILES string of the molecule is CNC(=O)[C@H](CC(C)(C)C)NC(=O)c1nc(-c2ccc(C(F)(F)F)cc2F)n2c1CN(C)CCC2. The molecule has 0 radical (unpaired) electrons. The molecule has 1 aliphatic rings. The molecule has 2 amide bonds. The highest BCUT2D eigenvalue weighted by Gasteiger charge is 2.33. The fourth-order valence-corrected chi connectivity index (χ4v) is 4.20. The Bertz CT molecular complexity index is 1100. The lowest BCUT2D eigenvalue weighted by atomic mass is 9.87. The largest absolute Gasteiger partial charge is 0.416 e. The zero-order valence-corrected chi connectivity index (χ0v) is 20.5. The number of benzene rings is 1. The van der Waals surface area contributed by atoms with Crippen LogP contribution in [0.15, 0.2) is 18.2 Å². The van der Waals surface area contributed by atoms with E-state index in [0.717, 1.165) is 12.1 Å². The van der Waals surface area contributed by atoms with Crippen molar-refractivity contribution in [3.63, 3.8) is 0 Å². The minimum absolute atomic E-state index is 0.0239. The first kappa shape index (κ1) is 26.7. The first-order chi connectivity index (χ1) is 16.2. The molecule has 0 aliphatic carbocycles. The van der Waals surface area contributed by atoms with Crippen LogP contribution in [-0.4, -0.2) is 52.9 Å². The maximum Gasteiger partial charge on any atom is 0.416 e. The van der Waals surface area contributed by atoms with Crippen molar-refractivity contribution in [1.29, 1.82) is 0 Å². The predicted molar refractivity (Wildman–Crippen MR) is 123 cm³/mol. The van der Waals surface area contributed by atoms with E-state index in [4.69, 9.17) is 0 Å². The molecule has 2 aromatic rings. The van der Waals surface area contributed by atoms with Gasteiger partial charge in [-0.25, -0.2) is 9.37 Å². The van der Waals surface area contributed by atoms with Gasteiger partial charge >= 0.3 is 6.18 Å². The van der Waals surface area contributed by atoms with E-state index in [1.807, 2.05) is 32.7 Å². The van der Waals surface area contributed by atoms with E-state index >= 15 is 0 Å². The second kappa shape index (κ2) is 9.96. The number of hydrogen-bond acceptors (Lipinski definition) is 4. The fraction of sp³-hybridized carbons (Fsp3) is 0.542. The van der Waals surface area contributed by atoms with Crippen molar-refractivity contribution in [2.75, 3.05) is 20.6 Å². The molecule has 1 aromatic carbocycles. The van der Waals surface area contributed by atoms with E-state index in [9.17, 15) is 27.2 Å². The highest BCUT2D eigenvalue weighted by Crippen LogP contribution is 2.34. The molecule has 1 aliphatic heterocycles. The standard InChI is InChI=1S/C24H31F4N5O2/c1-23(2,3)12-17(21(34)29-4)30-22(35)19-18-13-32(5)9-6-10-33(18)20(31-19)15-8-7-14(11-16(15)25)24(26,27)28/h7-8,11,17H,6,9-10,12-13H2,1-5H3,(H,29,34)(H,30,35)/t17-/m0/s1. The molecule has 0 bridgehead atoms. The molecular weight excluding hydrogens is 466 g/mol. The van der Waals surface area contributed by atoms with Crippen LogP contribution in [0.4, 0.5) is 17.6 Å². The van der Waals surface area contributed by atoms with Crippen LogP contribution in [0.1, 0.15) is 55.4 Å². The predicted octanol–water partition coefficient (Wildman–Crippen LogP) is 3.82. The summed E-state index contributed by atoms with van der Waals surface area (Å²) in [6.07, 6.45) is -3.63. The van der Waals surface area contributed by atoms with Gasteiger partial charge < -0.3 is 20.1 Å². The summed E-state index contributed by atoms with van der Waals surface area (Å²) in [6, 6.07) is 1.45. The first-order valence-corrected chi connectivity index (χ1v) is 11.4. The lowest BCUT2D eigenvalue weighted by Crippen LogP contribution is -2.47. The normalized spacial score (nSPS) is 15.8. The molecule has 2 heterocycles. The Balaban J connectivity index is 2.06. The fourth-order valence-electron chi connectivity index (χ4n) is 4.20. The molecule has 0 spiro atoms. The van der Waals surface area contributed by atoms with Crippen LogP contribution in [-0.2, 0) is 24.1 Å². The smallest absolute Gasteiger partial charge is 0.357 e. The summed E-state index contributed by atoms with van der Waals surface area (Å²) in [5, 5.41) is 5.30. The van der Waals surface area contributed by atoms with Gasteiger partial charge in [-0.05, 0) is 50.0 Å². The number of imidazole rings is 1. The third-order valence-electron chi connectivity index (χ3n) is 5.85. The number of carbonyl (C=O) groups excluding carboxylic acids is 2. The average Bonchev–Trinajstić information content (AvgIpc) is 2.97. The van der Waals surface area contributed by atoms with Crippen molar-refractivity contribution >= 4 is 11.8 Å². The van der Waals surface area contributed by atoms with Crippen molar-refractivity contribution in [2.24, 2.45) is 5.41 Å². The van der Waals surface area contributed by atoms with Gasteiger partial charge in [-0.15, -0.1) is 0 Å². The van der Waals surface area contributed by atoms with Gasteiger partial charge in [-0.2, -0.15) is 13.2 Å². The summed E-state index contributed by atoms with van der Waals surface area (Å²) in [6.45, 7) is 7.29. The maximum absolute atomic E-state index is 14.9. The number of halogens is 4. The first-order valence-electron chi connectivity index (χ1n) is 11.4. The number of nitrogens with one attached hydrogen (secondary N) is 2. The van der Waals surface area contributed by atoms with Gasteiger partial charge in [0, 0.05) is 20.1 Å². The molecule has 3 rings (SSSR count). The highest BCUT2D eigenvalue weighted by molar-refractivity contribution is 5.97. The highest BCUT2D eigenvalue weighted by atomic mass is 19.4. The molecule has 11 heteroatoms. The van der Waals surface area contributed by atoms with Gasteiger partial charge in [0.1, 0.15) is 17.7 Å². The van der Waals surface area contributed by atoms with Crippen LogP contribution in [0.25, 0.3) is 11.4 Å². The number of rotatable bonds is 5. The molecule has 7 nitrogen and oxygen atoms in total. The molecule has 1 atom stereocenters. The Hall–Kier alpha value is -2.95. The van der Waals surface area contributed by atoms with Gasteiger partial charge in [-0.1, -0.05) is 20.8 Å². The van der Waals surface area contributed by atoms with Crippen molar-refractivity contribution < 1.29 is 27.2 Å². The number of fused-ring (bicyclic) bond motifs is 1. The number of likely N-dealkylation sites (N-methyl/N-ethyl adjacent to an activating group) is 1. The van der Waals surface area contributed by atoms with Gasteiger partial charge in [0.15, 0.2) is 5.69 Å². The number of nitrogens with zero attached hydrogens (tertiary/aromatic N) is 3. The molecule has 2 N–H and O–H groups in total. The Labute approximate surface area is 201 Å². The summed E-state index contributed by atoms with van der Waals surface area (Å²) in [7, 11) is 3.35. The Morgan fingerprint density at radius 1 is 1.17 bits per heavy atom. The van der Waals surface area contributed by atoms with Crippen LogP contribution in [0.3, 0.4) is 0 Å². The quantitative estimate of drug-likeness (QED) is 0.616. The van der Waals surface area contributed by atoms with Gasteiger partial charge in [0.25, 0.3) is 5.91 Å². The van der Waals surface area contributed by atoms with E-state index in [-0.39, 0.29) is 28.4 Å². The molecule has 0 saturated carbocycles. The van der Waals surface area contributed by atoms with Crippen LogP contribution >= 0.6 is 0 Å². The van der Waals surface area contributed by atoms with Crippen LogP contribution in [0.2, 0.25) is 0 Å². The van der Waals surface area contributed by atoms with Crippen molar-refractivity contribution in [3.8, 4) is 11.4 Å². The zero-order chi connectivity index (χ0) is 26.1. The molecule has 0 unspecified atom stereocenters. The maximum atomic E-state index is 14.9. The minimum atomic E-state index is -4.68. The third-order valence-corrected chi connectivity index (χ3v) is 5.85. The van der Waals surface area contributed by atoms with Gasteiger partial charge in [-0.3, -0.25) is 9.59 Å². The van der Waals surface area contributed by atoms with E-state index in [0.29, 0.717) is 44.2 Å².